The molecule has 1 fully saturated rings. The van der Waals surface area contributed by atoms with Crippen molar-refractivity contribution in [3.8, 4) is 0 Å². The van der Waals surface area contributed by atoms with Crippen molar-refractivity contribution in [1.29, 1.82) is 0 Å². The number of rotatable bonds is 7. The van der Waals surface area contributed by atoms with E-state index >= 15 is 0 Å². The second-order valence-electron chi connectivity index (χ2n) is 5.87. The molecule has 0 bridgehead atoms. The zero-order valence-corrected chi connectivity index (χ0v) is 13.8. The lowest BCUT2D eigenvalue weighted by molar-refractivity contribution is 0.130. The van der Waals surface area contributed by atoms with Gasteiger partial charge in [0.15, 0.2) is 0 Å². The summed E-state index contributed by atoms with van der Waals surface area (Å²) < 4.78 is 26.9. The van der Waals surface area contributed by atoms with E-state index in [-0.39, 0.29) is 5.75 Å². The molecule has 7 heteroatoms. The summed E-state index contributed by atoms with van der Waals surface area (Å²) in [5.74, 6) is 0.227. The summed E-state index contributed by atoms with van der Waals surface area (Å²) in [6, 6.07) is 2.41. The monoisotopic (exact) mass is 314 g/mol. The standard InChI is InChI=1S/C14H26N4O2S/c1-16(2)21(19,20)12-6-10-17-9-4-3-7-14(17)13-18-11-5-8-15-18/h5,8,11,14H,3-4,6-7,9-10,12-13H2,1-2H3. The van der Waals surface area contributed by atoms with E-state index in [1.807, 2.05) is 16.9 Å². The first-order valence-corrected chi connectivity index (χ1v) is 9.21. The van der Waals surface area contributed by atoms with E-state index < -0.39 is 10.0 Å². The molecule has 1 saturated heterocycles. The number of aromatic nitrogens is 2. The van der Waals surface area contributed by atoms with Gasteiger partial charge in [-0.2, -0.15) is 5.10 Å². The Labute approximate surface area is 127 Å². The maximum absolute atomic E-state index is 11.8. The van der Waals surface area contributed by atoms with Crippen molar-refractivity contribution in [2.75, 3.05) is 32.9 Å². The fourth-order valence-electron chi connectivity index (χ4n) is 2.82. The normalized spacial score (nSPS) is 21.0. The van der Waals surface area contributed by atoms with Crippen molar-refractivity contribution < 1.29 is 8.42 Å². The van der Waals surface area contributed by atoms with E-state index in [2.05, 4.69) is 10.00 Å². The summed E-state index contributed by atoms with van der Waals surface area (Å²) in [5, 5.41) is 4.27. The zero-order valence-electron chi connectivity index (χ0n) is 13.0. The highest BCUT2D eigenvalue weighted by atomic mass is 32.2. The molecule has 1 atom stereocenters. The van der Waals surface area contributed by atoms with Crippen LogP contribution in [-0.2, 0) is 16.6 Å². The maximum Gasteiger partial charge on any atom is 0.213 e. The summed E-state index contributed by atoms with van der Waals surface area (Å²) in [6.07, 6.45) is 8.10. The molecule has 0 amide bonds. The van der Waals surface area contributed by atoms with E-state index in [1.54, 1.807) is 20.3 Å². The minimum Gasteiger partial charge on any atom is -0.299 e. The lowest BCUT2D eigenvalue weighted by Gasteiger charge is -2.35. The van der Waals surface area contributed by atoms with Crippen LogP contribution in [0.5, 0.6) is 0 Å². The van der Waals surface area contributed by atoms with Crippen LogP contribution in [-0.4, -0.2) is 66.4 Å². The van der Waals surface area contributed by atoms with Gasteiger partial charge in [0.05, 0.1) is 12.3 Å². The Morgan fingerprint density at radius 2 is 2.14 bits per heavy atom. The number of likely N-dealkylation sites (tertiary alicyclic amines) is 1. The van der Waals surface area contributed by atoms with Gasteiger partial charge in [0.1, 0.15) is 0 Å². The molecule has 0 aromatic carbocycles. The van der Waals surface area contributed by atoms with Crippen molar-refractivity contribution >= 4 is 10.0 Å². The third-order valence-electron chi connectivity index (χ3n) is 4.11. The highest BCUT2D eigenvalue weighted by Gasteiger charge is 2.23. The average molecular weight is 314 g/mol. The van der Waals surface area contributed by atoms with E-state index in [0.717, 1.165) is 19.6 Å². The molecule has 120 valence electrons. The van der Waals surface area contributed by atoms with Crippen LogP contribution in [0.2, 0.25) is 0 Å². The fourth-order valence-corrected chi connectivity index (χ4v) is 3.68. The molecular formula is C14H26N4O2S. The molecular weight excluding hydrogens is 288 g/mol. The lowest BCUT2D eigenvalue weighted by Crippen LogP contribution is -2.43. The van der Waals surface area contributed by atoms with Crippen LogP contribution in [0.4, 0.5) is 0 Å². The summed E-state index contributed by atoms with van der Waals surface area (Å²) >= 11 is 0. The van der Waals surface area contributed by atoms with Gasteiger partial charge in [-0.3, -0.25) is 9.58 Å². The van der Waals surface area contributed by atoms with Crippen molar-refractivity contribution in [1.82, 2.24) is 19.0 Å². The average Bonchev–Trinajstić information content (AvgIpc) is 2.93. The first kappa shape index (κ1) is 16.5. The second-order valence-corrected chi connectivity index (χ2v) is 8.17. The Morgan fingerprint density at radius 1 is 1.33 bits per heavy atom. The molecule has 1 aliphatic heterocycles. The fraction of sp³-hybridized carbons (Fsp3) is 0.786. The van der Waals surface area contributed by atoms with Gasteiger partial charge in [-0.05, 0) is 38.4 Å². The van der Waals surface area contributed by atoms with Gasteiger partial charge >= 0.3 is 0 Å². The lowest BCUT2D eigenvalue weighted by atomic mass is 10.0. The summed E-state index contributed by atoms with van der Waals surface area (Å²) in [6.45, 7) is 2.81. The summed E-state index contributed by atoms with van der Waals surface area (Å²) in [7, 11) is 0.111. The van der Waals surface area contributed by atoms with E-state index in [1.165, 1.54) is 23.6 Å². The molecule has 1 unspecified atom stereocenters. The number of nitrogens with zero attached hydrogens (tertiary/aromatic N) is 4. The van der Waals surface area contributed by atoms with E-state index in [9.17, 15) is 8.42 Å². The van der Waals surface area contributed by atoms with Crippen LogP contribution >= 0.6 is 0 Å². The van der Waals surface area contributed by atoms with Gasteiger partial charge in [-0.1, -0.05) is 6.42 Å². The number of hydrogen-bond donors (Lipinski definition) is 0. The van der Waals surface area contributed by atoms with Gasteiger partial charge in [-0.25, -0.2) is 12.7 Å². The van der Waals surface area contributed by atoms with Gasteiger partial charge in [0.2, 0.25) is 10.0 Å². The summed E-state index contributed by atoms with van der Waals surface area (Å²) in [4.78, 5) is 2.43. The number of hydrogen-bond acceptors (Lipinski definition) is 4. The third-order valence-corrected chi connectivity index (χ3v) is 6.03. The smallest absolute Gasteiger partial charge is 0.213 e. The molecule has 2 rings (SSSR count). The van der Waals surface area contributed by atoms with Crippen LogP contribution in [0.15, 0.2) is 18.5 Å². The molecule has 21 heavy (non-hydrogen) atoms. The van der Waals surface area contributed by atoms with Crippen molar-refractivity contribution in [3.05, 3.63) is 18.5 Å². The Hall–Kier alpha value is -0.920. The summed E-state index contributed by atoms with van der Waals surface area (Å²) in [5.41, 5.74) is 0. The van der Waals surface area contributed by atoms with Crippen molar-refractivity contribution in [2.45, 2.75) is 38.3 Å². The van der Waals surface area contributed by atoms with Gasteiger partial charge in [-0.15, -0.1) is 0 Å². The SMILES string of the molecule is CN(C)S(=O)(=O)CCCN1CCCCC1Cn1cccn1. The largest absolute Gasteiger partial charge is 0.299 e. The topological polar surface area (TPSA) is 58.4 Å². The molecule has 1 aliphatic rings. The molecule has 0 N–H and O–H groups in total. The molecule has 6 nitrogen and oxygen atoms in total. The third kappa shape index (κ3) is 4.79. The van der Waals surface area contributed by atoms with Gasteiger partial charge in [0.25, 0.3) is 0 Å². The molecule has 1 aromatic heterocycles. The van der Waals surface area contributed by atoms with Crippen LogP contribution < -0.4 is 0 Å². The Morgan fingerprint density at radius 3 is 2.81 bits per heavy atom. The maximum atomic E-state index is 11.8. The Bertz CT molecular complexity index is 513. The predicted octanol–water partition coefficient (Wildman–Crippen LogP) is 1.02. The van der Waals surface area contributed by atoms with E-state index in [0.29, 0.717) is 12.5 Å². The minimum absolute atomic E-state index is 0.227. The first-order valence-electron chi connectivity index (χ1n) is 7.61. The molecule has 0 radical (unpaired) electrons. The molecule has 0 saturated carbocycles. The van der Waals surface area contributed by atoms with Crippen LogP contribution in [0, 0.1) is 0 Å². The van der Waals surface area contributed by atoms with Crippen molar-refractivity contribution in [2.24, 2.45) is 0 Å². The van der Waals surface area contributed by atoms with E-state index in [4.69, 9.17) is 0 Å². The highest BCUT2D eigenvalue weighted by molar-refractivity contribution is 7.89. The molecule has 0 spiro atoms. The predicted molar refractivity (Wildman–Crippen MR) is 83.5 cm³/mol. The highest BCUT2D eigenvalue weighted by Crippen LogP contribution is 2.18. The molecule has 1 aromatic rings. The van der Waals surface area contributed by atoms with Gasteiger partial charge in [0, 0.05) is 32.5 Å². The molecule has 2 heterocycles. The second kappa shape index (κ2) is 7.38. The Kier molecular flexibility index (Phi) is 5.78. The number of piperidine rings is 1. The number of sulfonamides is 1. The van der Waals surface area contributed by atoms with Gasteiger partial charge < -0.3 is 0 Å². The quantitative estimate of drug-likeness (QED) is 0.754. The minimum atomic E-state index is -3.08. The zero-order chi connectivity index (χ0) is 15.3. The van der Waals surface area contributed by atoms with Crippen LogP contribution in [0.3, 0.4) is 0 Å². The van der Waals surface area contributed by atoms with Crippen LogP contribution in [0.25, 0.3) is 0 Å². The van der Waals surface area contributed by atoms with Crippen molar-refractivity contribution in [3.63, 3.8) is 0 Å². The van der Waals surface area contributed by atoms with Crippen LogP contribution in [0.1, 0.15) is 25.7 Å². The molecule has 0 aliphatic carbocycles. The first-order chi connectivity index (χ1) is 9.99. The Balaban J connectivity index is 1.84.